The van der Waals surface area contributed by atoms with Gasteiger partial charge in [0.15, 0.2) is 0 Å². The van der Waals surface area contributed by atoms with Crippen LogP contribution in [-0.4, -0.2) is 42.4 Å². The van der Waals surface area contributed by atoms with Gasteiger partial charge in [0.05, 0.1) is 0 Å². The van der Waals surface area contributed by atoms with Gasteiger partial charge in [0.2, 0.25) is 11.8 Å². The van der Waals surface area contributed by atoms with Gasteiger partial charge < -0.3 is 16.0 Å². The normalized spacial score (nSPS) is 22.7. The molecule has 1 saturated heterocycles. The van der Waals surface area contributed by atoms with Crippen LogP contribution in [0.3, 0.4) is 0 Å². The molecule has 2 aliphatic rings. The second-order valence-electron chi connectivity index (χ2n) is 7.49. The molecule has 132 valence electrons. The highest BCUT2D eigenvalue weighted by Gasteiger charge is 2.23. The van der Waals surface area contributed by atoms with Crippen molar-refractivity contribution >= 4 is 11.8 Å². The number of likely N-dealkylation sites (tertiary alicyclic amines) is 1. The van der Waals surface area contributed by atoms with Gasteiger partial charge in [-0.2, -0.15) is 0 Å². The lowest BCUT2D eigenvalue weighted by atomic mass is 9.88. The number of primary amides is 1. The summed E-state index contributed by atoms with van der Waals surface area (Å²) >= 11 is 0. The fourth-order valence-electron chi connectivity index (χ4n) is 3.78. The van der Waals surface area contributed by atoms with Crippen molar-refractivity contribution in [2.45, 2.75) is 70.8 Å². The van der Waals surface area contributed by atoms with Gasteiger partial charge in [-0.15, -0.1) is 0 Å². The number of nitrogens with two attached hydrogens (primary N) is 1. The van der Waals surface area contributed by atoms with Crippen molar-refractivity contribution in [1.82, 2.24) is 10.2 Å². The number of hydrogen-bond donors (Lipinski definition) is 2. The lowest BCUT2D eigenvalue weighted by molar-refractivity contribution is -0.123. The number of carbonyl (C=O) groups excluding carboxylic acids is 2. The topological polar surface area (TPSA) is 75.4 Å². The van der Waals surface area contributed by atoms with E-state index in [9.17, 15) is 9.59 Å². The second-order valence-corrected chi connectivity index (χ2v) is 7.49. The Labute approximate surface area is 140 Å². The van der Waals surface area contributed by atoms with Crippen LogP contribution in [0.25, 0.3) is 0 Å². The molecule has 0 aromatic carbocycles. The van der Waals surface area contributed by atoms with Gasteiger partial charge in [0.25, 0.3) is 0 Å². The lowest BCUT2D eigenvalue weighted by Crippen LogP contribution is -2.46. The summed E-state index contributed by atoms with van der Waals surface area (Å²) in [5.41, 5.74) is 5.22. The van der Waals surface area contributed by atoms with Crippen LogP contribution in [0.1, 0.15) is 64.7 Å². The standard InChI is InChI=1S/C18H33N3O2/c1-14(18(19)23)7-8-17(22)20-16-9-11-21(12-10-16)13-15-5-3-2-4-6-15/h14-16H,2-13H2,1H3,(H2,19,23)(H,20,22)/t14-/m0/s1. The highest BCUT2D eigenvalue weighted by molar-refractivity contribution is 5.79. The first kappa shape index (κ1) is 18.2. The van der Waals surface area contributed by atoms with E-state index in [0.29, 0.717) is 18.9 Å². The predicted molar refractivity (Wildman–Crippen MR) is 91.8 cm³/mol. The Hall–Kier alpha value is -1.10. The molecule has 2 rings (SSSR count). The zero-order chi connectivity index (χ0) is 16.7. The van der Waals surface area contributed by atoms with Crippen molar-refractivity contribution in [2.24, 2.45) is 17.6 Å². The molecule has 5 heteroatoms. The number of nitrogens with zero attached hydrogens (tertiary/aromatic N) is 1. The average molecular weight is 323 g/mol. The molecule has 5 nitrogen and oxygen atoms in total. The SMILES string of the molecule is C[C@@H](CCC(=O)NC1CCN(CC2CCCCC2)CC1)C(N)=O. The number of piperidine rings is 1. The van der Waals surface area contributed by atoms with Crippen molar-refractivity contribution in [1.29, 1.82) is 0 Å². The smallest absolute Gasteiger partial charge is 0.220 e. The summed E-state index contributed by atoms with van der Waals surface area (Å²) in [6.07, 6.45) is 10.0. The molecular formula is C18H33N3O2. The second kappa shape index (κ2) is 9.26. The van der Waals surface area contributed by atoms with Gasteiger partial charge in [-0.1, -0.05) is 26.2 Å². The molecule has 23 heavy (non-hydrogen) atoms. The summed E-state index contributed by atoms with van der Waals surface area (Å²) in [6.45, 7) is 5.22. The van der Waals surface area contributed by atoms with E-state index in [4.69, 9.17) is 5.73 Å². The van der Waals surface area contributed by atoms with Crippen molar-refractivity contribution in [3.8, 4) is 0 Å². The molecule has 1 atom stereocenters. The average Bonchev–Trinajstić information content (AvgIpc) is 2.55. The molecule has 0 bridgehead atoms. The van der Waals surface area contributed by atoms with E-state index >= 15 is 0 Å². The van der Waals surface area contributed by atoms with Gasteiger partial charge in [-0.25, -0.2) is 0 Å². The molecule has 0 spiro atoms. The van der Waals surface area contributed by atoms with Crippen LogP contribution in [0.15, 0.2) is 0 Å². The molecule has 1 aliphatic carbocycles. The Morgan fingerprint density at radius 3 is 2.39 bits per heavy atom. The number of rotatable bonds is 7. The third kappa shape index (κ3) is 6.50. The van der Waals surface area contributed by atoms with Crippen molar-refractivity contribution in [3.05, 3.63) is 0 Å². The number of hydrogen-bond acceptors (Lipinski definition) is 3. The first-order chi connectivity index (χ1) is 11.0. The summed E-state index contributed by atoms with van der Waals surface area (Å²) in [5, 5.41) is 3.12. The summed E-state index contributed by atoms with van der Waals surface area (Å²) in [6, 6.07) is 0.300. The van der Waals surface area contributed by atoms with E-state index in [0.717, 1.165) is 31.8 Å². The zero-order valence-electron chi connectivity index (χ0n) is 14.6. The van der Waals surface area contributed by atoms with Gasteiger partial charge in [0.1, 0.15) is 0 Å². The third-order valence-corrected chi connectivity index (χ3v) is 5.48. The van der Waals surface area contributed by atoms with E-state index in [1.807, 2.05) is 0 Å². The summed E-state index contributed by atoms with van der Waals surface area (Å²) in [4.78, 5) is 25.5. The van der Waals surface area contributed by atoms with E-state index in [2.05, 4.69) is 10.2 Å². The zero-order valence-corrected chi connectivity index (χ0v) is 14.6. The molecule has 0 unspecified atom stereocenters. The molecule has 1 heterocycles. The fourth-order valence-corrected chi connectivity index (χ4v) is 3.78. The van der Waals surface area contributed by atoms with E-state index in [-0.39, 0.29) is 17.7 Å². The fraction of sp³-hybridized carbons (Fsp3) is 0.889. The predicted octanol–water partition coefficient (Wildman–Crippen LogP) is 2.05. The van der Waals surface area contributed by atoms with Crippen LogP contribution < -0.4 is 11.1 Å². The van der Waals surface area contributed by atoms with Crippen LogP contribution >= 0.6 is 0 Å². The molecule has 0 aromatic rings. The quantitative estimate of drug-likeness (QED) is 0.753. The van der Waals surface area contributed by atoms with E-state index in [1.54, 1.807) is 6.92 Å². The molecule has 2 amide bonds. The van der Waals surface area contributed by atoms with Crippen molar-refractivity contribution < 1.29 is 9.59 Å². The minimum absolute atomic E-state index is 0.0591. The molecule has 0 aromatic heterocycles. The molecule has 0 radical (unpaired) electrons. The van der Waals surface area contributed by atoms with Crippen molar-refractivity contribution in [3.63, 3.8) is 0 Å². The Balaban J connectivity index is 1.60. The molecule has 2 fully saturated rings. The molecule has 3 N–H and O–H groups in total. The Kier molecular flexibility index (Phi) is 7.34. The van der Waals surface area contributed by atoms with Crippen LogP contribution in [0.4, 0.5) is 0 Å². The molecular weight excluding hydrogens is 290 g/mol. The number of nitrogens with one attached hydrogen (secondary N) is 1. The first-order valence-electron chi connectivity index (χ1n) is 9.35. The largest absolute Gasteiger partial charge is 0.369 e. The lowest BCUT2D eigenvalue weighted by Gasteiger charge is -2.35. The first-order valence-corrected chi connectivity index (χ1v) is 9.35. The van der Waals surface area contributed by atoms with Gasteiger partial charge in [-0.3, -0.25) is 9.59 Å². The van der Waals surface area contributed by atoms with Crippen LogP contribution in [-0.2, 0) is 9.59 Å². The summed E-state index contributed by atoms with van der Waals surface area (Å²) in [7, 11) is 0. The van der Waals surface area contributed by atoms with Crippen LogP contribution in [0, 0.1) is 11.8 Å². The van der Waals surface area contributed by atoms with Gasteiger partial charge in [-0.05, 0) is 38.0 Å². The Morgan fingerprint density at radius 1 is 1.13 bits per heavy atom. The summed E-state index contributed by atoms with van der Waals surface area (Å²) in [5.74, 6) is 0.404. The summed E-state index contributed by atoms with van der Waals surface area (Å²) < 4.78 is 0. The monoisotopic (exact) mass is 323 g/mol. The highest BCUT2D eigenvalue weighted by Crippen LogP contribution is 2.25. The van der Waals surface area contributed by atoms with Crippen LogP contribution in [0.2, 0.25) is 0 Å². The highest BCUT2D eigenvalue weighted by atomic mass is 16.2. The van der Waals surface area contributed by atoms with Gasteiger partial charge >= 0.3 is 0 Å². The van der Waals surface area contributed by atoms with Crippen molar-refractivity contribution in [2.75, 3.05) is 19.6 Å². The maximum atomic E-state index is 12.0. The minimum Gasteiger partial charge on any atom is -0.369 e. The maximum Gasteiger partial charge on any atom is 0.220 e. The van der Waals surface area contributed by atoms with Crippen LogP contribution in [0.5, 0.6) is 0 Å². The van der Waals surface area contributed by atoms with Gasteiger partial charge in [0, 0.05) is 38.0 Å². The van der Waals surface area contributed by atoms with E-state index in [1.165, 1.54) is 38.6 Å². The molecule has 1 saturated carbocycles. The third-order valence-electron chi connectivity index (χ3n) is 5.48. The molecule has 1 aliphatic heterocycles. The minimum atomic E-state index is -0.325. The number of amides is 2. The van der Waals surface area contributed by atoms with E-state index < -0.39 is 0 Å². The maximum absolute atomic E-state index is 12.0. The Morgan fingerprint density at radius 2 is 1.78 bits per heavy atom. The Bertz CT molecular complexity index is 386. The number of carbonyl (C=O) groups is 2.